The maximum absolute atomic E-state index is 10.9. The van der Waals surface area contributed by atoms with Crippen molar-refractivity contribution in [2.75, 3.05) is 6.54 Å². The highest BCUT2D eigenvalue weighted by molar-refractivity contribution is 5.21. The SMILES string of the molecule is C=C(C)[C@@H]1CCC2(CN)CC[C@]3(C)C(CCC4C5(C)CCC(O)C(C)(C)C5CCC43C)C12.CC.CC. The zero-order valence-electron chi connectivity index (χ0n) is 26.0. The van der Waals surface area contributed by atoms with Gasteiger partial charge in [-0.05, 0) is 134 Å². The van der Waals surface area contributed by atoms with Crippen LogP contribution >= 0.6 is 0 Å². The molecule has 5 aliphatic carbocycles. The van der Waals surface area contributed by atoms with Gasteiger partial charge in [0.25, 0.3) is 0 Å². The summed E-state index contributed by atoms with van der Waals surface area (Å²) in [7, 11) is 0. The summed E-state index contributed by atoms with van der Waals surface area (Å²) in [5.74, 6) is 3.67. The average Bonchev–Trinajstić information content (AvgIpc) is 3.25. The molecule has 0 aromatic rings. The molecule has 10 atom stereocenters. The van der Waals surface area contributed by atoms with E-state index in [0.717, 1.165) is 30.7 Å². The summed E-state index contributed by atoms with van der Waals surface area (Å²) < 4.78 is 0. The normalized spacial score (nSPS) is 50.6. The van der Waals surface area contributed by atoms with Gasteiger partial charge in [-0.25, -0.2) is 0 Å². The zero-order valence-corrected chi connectivity index (χ0v) is 26.0. The van der Waals surface area contributed by atoms with Crippen molar-refractivity contribution in [2.45, 2.75) is 140 Å². The molecular formula is C34H63NO. The monoisotopic (exact) mass is 501 g/mol. The number of hydrogen-bond donors (Lipinski definition) is 2. The zero-order chi connectivity index (χ0) is 27.3. The first-order valence-electron chi connectivity index (χ1n) is 15.9. The summed E-state index contributed by atoms with van der Waals surface area (Å²) in [6.45, 7) is 28.4. The standard InChI is InChI=1S/C30H51NO.2C2H6/c1-19(2)20-10-15-30(18-31)17-16-28(6)21(25(20)30)8-9-23-27(5)13-12-24(32)26(3,4)22(27)11-14-29(23,28)7;2*1-2/h20-25,32H,1,8-18,31H2,2-7H3;2*1-2H3/t20-,21?,22?,23?,24?,25?,27?,28+,29?,30?;;/m0../s1. The third-order valence-electron chi connectivity index (χ3n) is 13.6. The van der Waals surface area contributed by atoms with Crippen molar-refractivity contribution in [1.82, 2.24) is 0 Å². The number of allylic oxidation sites excluding steroid dienone is 1. The van der Waals surface area contributed by atoms with Crippen molar-refractivity contribution in [1.29, 1.82) is 0 Å². The van der Waals surface area contributed by atoms with Gasteiger partial charge in [0.15, 0.2) is 0 Å². The van der Waals surface area contributed by atoms with Crippen molar-refractivity contribution in [3.8, 4) is 0 Å². The van der Waals surface area contributed by atoms with E-state index in [1.807, 2.05) is 27.7 Å². The van der Waals surface area contributed by atoms with Gasteiger partial charge in [-0.3, -0.25) is 0 Å². The second kappa shape index (κ2) is 10.3. The highest BCUT2D eigenvalue weighted by atomic mass is 16.3. The van der Waals surface area contributed by atoms with Gasteiger partial charge in [-0.15, -0.1) is 0 Å². The Morgan fingerprint density at radius 1 is 0.778 bits per heavy atom. The number of nitrogens with two attached hydrogens (primary N) is 1. The number of hydrogen-bond acceptors (Lipinski definition) is 2. The molecule has 0 bridgehead atoms. The molecule has 5 aliphatic rings. The van der Waals surface area contributed by atoms with Crippen LogP contribution in [0.1, 0.15) is 133 Å². The molecule has 3 N–H and O–H groups in total. The molecule has 0 heterocycles. The first-order valence-corrected chi connectivity index (χ1v) is 15.9. The molecule has 5 rings (SSSR count). The smallest absolute Gasteiger partial charge is 0.0594 e. The third kappa shape index (κ3) is 3.92. The molecule has 8 unspecified atom stereocenters. The first kappa shape index (κ1) is 30.2. The maximum atomic E-state index is 10.9. The minimum atomic E-state index is -0.133. The van der Waals surface area contributed by atoms with Crippen LogP contribution in [0.5, 0.6) is 0 Å². The van der Waals surface area contributed by atoms with E-state index < -0.39 is 0 Å². The van der Waals surface area contributed by atoms with E-state index in [1.54, 1.807) is 0 Å². The van der Waals surface area contributed by atoms with E-state index in [9.17, 15) is 5.11 Å². The van der Waals surface area contributed by atoms with Gasteiger partial charge in [0.1, 0.15) is 0 Å². The van der Waals surface area contributed by atoms with Crippen molar-refractivity contribution in [2.24, 2.45) is 62.4 Å². The molecule has 5 saturated carbocycles. The van der Waals surface area contributed by atoms with Crippen LogP contribution < -0.4 is 5.73 Å². The largest absolute Gasteiger partial charge is 0.393 e. The molecule has 2 nitrogen and oxygen atoms in total. The fourth-order valence-electron chi connectivity index (χ4n) is 11.6. The summed E-state index contributed by atoms with van der Waals surface area (Å²) in [6.07, 6.45) is 12.8. The molecule has 0 aromatic heterocycles. The number of rotatable bonds is 2. The van der Waals surface area contributed by atoms with Crippen LogP contribution in [-0.2, 0) is 0 Å². The Bertz CT molecular complexity index is 788. The van der Waals surface area contributed by atoms with Crippen molar-refractivity contribution in [3.05, 3.63) is 12.2 Å². The van der Waals surface area contributed by atoms with Crippen LogP contribution in [0, 0.1) is 56.7 Å². The highest BCUT2D eigenvalue weighted by Crippen LogP contribution is 2.77. The van der Waals surface area contributed by atoms with E-state index in [2.05, 4.69) is 48.1 Å². The van der Waals surface area contributed by atoms with Gasteiger partial charge in [0, 0.05) is 0 Å². The maximum Gasteiger partial charge on any atom is 0.0594 e. The van der Waals surface area contributed by atoms with Gasteiger partial charge in [-0.2, -0.15) is 0 Å². The van der Waals surface area contributed by atoms with Crippen LogP contribution in [0.3, 0.4) is 0 Å². The van der Waals surface area contributed by atoms with E-state index in [1.165, 1.54) is 63.4 Å². The molecule has 0 aromatic carbocycles. The lowest BCUT2D eigenvalue weighted by atomic mass is 9.32. The van der Waals surface area contributed by atoms with E-state index in [4.69, 9.17) is 5.73 Å². The number of aliphatic hydroxyl groups is 1. The third-order valence-corrected chi connectivity index (χ3v) is 13.6. The fraction of sp³-hybridized carbons (Fsp3) is 0.941. The summed E-state index contributed by atoms with van der Waals surface area (Å²) in [5, 5.41) is 10.9. The van der Waals surface area contributed by atoms with Crippen molar-refractivity contribution in [3.63, 3.8) is 0 Å². The summed E-state index contributed by atoms with van der Waals surface area (Å²) in [6, 6.07) is 0. The lowest BCUT2D eigenvalue weighted by molar-refractivity contribution is -0.247. The second-order valence-corrected chi connectivity index (χ2v) is 14.6. The molecule has 0 aliphatic heterocycles. The Morgan fingerprint density at radius 3 is 2.00 bits per heavy atom. The Morgan fingerprint density at radius 2 is 1.42 bits per heavy atom. The van der Waals surface area contributed by atoms with E-state index in [0.29, 0.717) is 33.5 Å². The first-order chi connectivity index (χ1) is 16.9. The average molecular weight is 502 g/mol. The molecule has 0 spiro atoms. The molecule has 0 radical (unpaired) electrons. The second-order valence-electron chi connectivity index (χ2n) is 14.6. The Labute approximate surface area is 225 Å². The minimum Gasteiger partial charge on any atom is -0.393 e. The molecule has 5 fully saturated rings. The van der Waals surface area contributed by atoms with Crippen molar-refractivity contribution >= 4 is 0 Å². The predicted octanol–water partition coefficient (Wildman–Crippen LogP) is 9.02. The van der Waals surface area contributed by atoms with Gasteiger partial charge < -0.3 is 10.8 Å². The van der Waals surface area contributed by atoms with Gasteiger partial charge in [0.05, 0.1) is 6.10 Å². The lowest BCUT2D eigenvalue weighted by Gasteiger charge is -2.73. The molecule has 36 heavy (non-hydrogen) atoms. The number of aliphatic hydroxyl groups excluding tert-OH is 1. The molecule has 2 heteroatoms. The molecule has 0 amide bonds. The van der Waals surface area contributed by atoms with Crippen LogP contribution in [0.15, 0.2) is 12.2 Å². The van der Waals surface area contributed by atoms with E-state index >= 15 is 0 Å². The quantitative estimate of drug-likeness (QED) is 0.371. The lowest BCUT2D eigenvalue weighted by Crippen LogP contribution is -2.67. The van der Waals surface area contributed by atoms with Gasteiger partial charge in [-0.1, -0.05) is 74.5 Å². The van der Waals surface area contributed by atoms with Crippen LogP contribution in [0.4, 0.5) is 0 Å². The van der Waals surface area contributed by atoms with Crippen molar-refractivity contribution < 1.29 is 5.11 Å². The van der Waals surface area contributed by atoms with E-state index in [-0.39, 0.29) is 11.5 Å². The predicted molar refractivity (Wildman–Crippen MR) is 157 cm³/mol. The Balaban J connectivity index is 0.000000861. The number of fused-ring (bicyclic) bond motifs is 7. The summed E-state index contributed by atoms with van der Waals surface area (Å²) >= 11 is 0. The summed E-state index contributed by atoms with van der Waals surface area (Å²) in [4.78, 5) is 0. The Hall–Kier alpha value is -0.340. The van der Waals surface area contributed by atoms with Crippen LogP contribution in [0.2, 0.25) is 0 Å². The van der Waals surface area contributed by atoms with Gasteiger partial charge in [0.2, 0.25) is 0 Å². The minimum absolute atomic E-state index is 0.0455. The fourth-order valence-corrected chi connectivity index (χ4v) is 11.6. The summed E-state index contributed by atoms with van der Waals surface area (Å²) in [5.41, 5.74) is 9.59. The Kier molecular flexibility index (Phi) is 8.67. The molecule has 210 valence electrons. The molecular weight excluding hydrogens is 438 g/mol. The van der Waals surface area contributed by atoms with Gasteiger partial charge >= 0.3 is 0 Å². The molecule has 0 saturated heterocycles. The topological polar surface area (TPSA) is 46.2 Å². The van der Waals surface area contributed by atoms with Crippen LogP contribution in [0.25, 0.3) is 0 Å². The highest BCUT2D eigenvalue weighted by Gasteiger charge is 2.70. The van der Waals surface area contributed by atoms with Crippen LogP contribution in [-0.4, -0.2) is 17.8 Å².